The Kier molecular flexibility index (Phi) is 6.00. The molecular formula is C21H28N4O. The summed E-state index contributed by atoms with van der Waals surface area (Å²) in [5, 5.41) is 6.25. The molecule has 0 unspecified atom stereocenters. The number of carbonyl (C=O) groups is 1. The second kappa shape index (κ2) is 8.61. The fraction of sp³-hybridized carbons (Fsp3) is 0.381. The van der Waals surface area contributed by atoms with E-state index in [2.05, 4.69) is 44.7 Å². The van der Waals surface area contributed by atoms with Crippen molar-refractivity contribution in [3.63, 3.8) is 0 Å². The molecule has 0 bridgehead atoms. The molecule has 0 aliphatic carbocycles. The second-order valence-corrected chi connectivity index (χ2v) is 6.91. The molecule has 2 aromatic rings. The van der Waals surface area contributed by atoms with Crippen molar-refractivity contribution in [3.8, 4) is 0 Å². The third kappa shape index (κ3) is 4.91. The molecule has 1 fully saturated rings. The van der Waals surface area contributed by atoms with Gasteiger partial charge in [0.15, 0.2) is 0 Å². The number of carbonyl (C=O) groups excluding carboxylic acids is 1. The highest BCUT2D eigenvalue weighted by atomic mass is 16.1. The lowest BCUT2D eigenvalue weighted by Crippen LogP contribution is -2.18. The average molecular weight is 352 g/mol. The molecule has 138 valence electrons. The van der Waals surface area contributed by atoms with Crippen LogP contribution in [0.2, 0.25) is 0 Å². The highest BCUT2D eigenvalue weighted by Crippen LogP contribution is 2.22. The molecule has 2 aromatic carbocycles. The van der Waals surface area contributed by atoms with Crippen LogP contribution in [0.1, 0.15) is 19.3 Å². The van der Waals surface area contributed by atoms with Gasteiger partial charge in [-0.1, -0.05) is 0 Å². The van der Waals surface area contributed by atoms with Crippen LogP contribution in [0.25, 0.3) is 0 Å². The minimum Gasteiger partial charge on any atom is -0.385 e. The minimum atomic E-state index is 0.0244. The molecule has 5 heteroatoms. The van der Waals surface area contributed by atoms with E-state index < -0.39 is 0 Å². The summed E-state index contributed by atoms with van der Waals surface area (Å²) in [7, 11) is 4.04. The maximum atomic E-state index is 12.1. The molecule has 0 saturated carbocycles. The Labute approximate surface area is 156 Å². The van der Waals surface area contributed by atoms with Gasteiger partial charge in [-0.05, 0) is 61.4 Å². The van der Waals surface area contributed by atoms with Crippen LogP contribution in [-0.4, -0.2) is 39.6 Å². The van der Waals surface area contributed by atoms with Crippen molar-refractivity contribution in [2.45, 2.75) is 19.3 Å². The summed E-state index contributed by atoms with van der Waals surface area (Å²) in [6, 6.07) is 16.3. The molecule has 0 aromatic heterocycles. The van der Waals surface area contributed by atoms with Crippen LogP contribution in [0.4, 0.5) is 22.7 Å². The van der Waals surface area contributed by atoms with Gasteiger partial charge >= 0.3 is 0 Å². The molecule has 1 heterocycles. The standard InChI is InChI=1S/C21H28N4O/c1-24(2)19-9-5-17(6-10-19)22-14-13-21(26)23-18-7-11-20(12-8-18)25-15-3-4-16-25/h5-12,22H,3-4,13-16H2,1-2H3,(H,23,26). The summed E-state index contributed by atoms with van der Waals surface area (Å²) in [6.07, 6.45) is 2.97. The number of hydrogen-bond acceptors (Lipinski definition) is 4. The Morgan fingerprint density at radius 1 is 0.962 bits per heavy atom. The Balaban J connectivity index is 1.42. The maximum absolute atomic E-state index is 12.1. The summed E-state index contributed by atoms with van der Waals surface area (Å²) in [4.78, 5) is 16.6. The summed E-state index contributed by atoms with van der Waals surface area (Å²) in [5.74, 6) is 0.0244. The van der Waals surface area contributed by atoms with Crippen LogP contribution >= 0.6 is 0 Å². The highest BCUT2D eigenvalue weighted by Gasteiger charge is 2.12. The van der Waals surface area contributed by atoms with Crippen molar-refractivity contribution < 1.29 is 4.79 Å². The molecule has 26 heavy (non-hydrogen) atoms. The van der Waals surface area contributed by atoms with Crippen molar-refractivity contribution in [3.05, 3.63) is 48.5 Å². The van der Waals surface area contributed by atoms with Gasteiger partial charge in [0.05, 0.1) is 0 Å². The molecule has 0 spiro atoms. The lowest BCUT2D eigenvalue weighted by atomic mass is 10.2. The molecule has 0 radical (unpaired) electrons. The maximum Gasteiger partial charge on any atom is 0.226 e. The predicted octanol–water partition coefficient (Wildman–Crippen LogP) is 3.79. The number of benzene rings is 2. The first-order chi connectivity index (χ1) is 12.6. The van der Waals surface area contributed by atoms with E-state index >= 15 is 0 Å². The number of nitrogens with zero attached hydrogens (tertiary/aromatic N) is 2. The molecule has 1 aliphatic heterocycles. The predicted molar refractivity (Wildman–Crippen MR) is 110 cm³/mol. The van der Waals surface area contributed by atoms with Gasteiger partial charge in [-0.2, -0.15) is 0 Å². The topological polar surface area (TPSA) is 47.6 Å². The van der Waals surface area contributed by atoms with E-state index in [-0.39, 0.29) is 5.91 Å². The molecule has 2 N–H and O–H groups in total. The number of nitrogens with one attached hydrogen (secondary N) is 2. The first-order valence-electron chi connectivity index (χ1n) is 9.28. The lowest BCUT2D eigenvalue weighted by molar-refractivity contribution is -0.115. The molecule has 1 amide bonds. The largest absolute Gasteiger partial charge is 0.385 e. The van der Waals surface area contributed by atoms with Crippen molar-refractivity contribution in [2.75, 3.05) is 54.2 Å². The smallest absolute Gasteiger partial charge is 0.226 e. The van der Waals surface area contributed by atoms with E-state index in [4.69, 9.17) is 0 Å². The monoisotopic (exact) mass is 352 g/mol. The molecule has 0 atom stereocenters. The Morgan fingerprint density at radius 2 is 1.58 bits per heavy atom. The van der Waals surface area contributed by atoms with Gasteiger partial charge < -0.3 is 20.4 Å². The van der Waals surface area contributed by atoms with Crippen LogP contribution in [0.3, 0.4) is 0 Å². The second-order valence-electron chi connectivity index (χ2n) is 6.91. The van der Waals surface area contributed by atoms with Gasteiger partial charge in [-0.25, -0.2) is 0 Å². The first-order valence-corrected chi connectivity index (χ1v) is 9.28. The van der Waals surface area contributed by atoms with Crippen LogP contribution in [0, 0.1) is 0 Å². The van der Waals surface area contributed by atoms with E-state index in [1.165, 1.54) is 18.5 Å². The Morgan fingerprint density at radius 3 is 2.19 bits per heavy atom. The number of rotatable bonds is 7. The fourth-order valence-electron chi connectivity index (χ4n) is 3.15. The normalized spacial score (nSPS) is 13.5. The Bertz CT molecular complexity index is 704. The quantitative estimate of drug-likeness (QED) is 0.796. The fourth-order valence-corrected chi connectivity index (χ4v) is 3.15. The van der Waals surface area contributed by atoms with E-state index in [1.807, 2.05) is 38.4 Å². The number of amides is 1. The molecular weight excluding hydrogens is 324 g/mol. The van der Waals surface area contributed by atoms with Crippen molar-refractivity contribution in [1.29, 1.82) is 0 Å². The average Bonchev–Trinajstić information content (AvgIpc) is 3.17. The van der Waals surface area contributed by atoms with Crippen molar-refractivity contribution >= 4 is 28.7 Å². The van der Waals surface area contributed by atoms with Crippen molar-refractivity contribution in [2.24, 2.45) is 0 Å². The zero-order valence-electron chi connectivity index (χ0n) is 15.7. The van der Waals surface area contributed by atoms with Gasteiger partial charge in [0, 0.05) is 62.9 Å². The molecule has 5 nitrogen and oxygen atoms in total. The van der Waals surface area contributed by atoms with Gasteiger partial charge in [0.2, 0.25) is 5.91 Å². The van der Waals surface area contributed by atoms with Crippen LogP contribution in [-0.2, 0) is 4.79 Å². The first kappa shape index (κ1) is 18.1. The molecule has 1 aliphatic rings. The van der Waals surface area contributed by atoms with Crippen LogP contribution in [0.15, 0.2) is 48.5 Å². The van der Waals surface area contributed by atoms with Gasteiger partial charge in [-0.15, -0.1) is 0 Å². The summed E-state index contributed by atoms with van der Waals surface area (Å²) in [5.41, 5.74) is 4.28. The van der Waals surface area contributed by atoms with Gasteiger partial charge in [0.25, 0.3) is 0 Å². The summed E-state index contributed by atoms with van der Waals surface area (Å²) in [6.45, 7) is 2.87. The van der Waals surface area contributed by atoms with Crippen molar-refractivity contribution in [1.82, 2.24) is 0 Å². The highest BCUT2D eigenvalue weighted by molar-refractivity contribution is 5.91. The number of hydrogen-bond donors (Lipinski definition) is 2. The SMILES string of the molecule is CN(C)c1ccc(NCCC(=O)Nc2ccc(N3CCCC3)cc2)cc1. The number of anilines is 4. The van der Waals surface area contributed by atoms with E-state index in [1.54, 1.807) is 0 Å². The third-order valence-electron chi connectivity index (χ3n) is 4.69. The van der Waals surface area contributed by atoms with E-state index in [0.29, 0.717) is 13.0 Å². The van der Waals surface area contributed by atoms with Crippen LogP contribution in [0.5, 0.6) is 0 Å². The minimum absolute atomic E-state index is 0.0244. The summed E-state index contributed by atoms with van der Waals surface area (Å²) < 4.78 is 0. The molecule has 1 saturated heterocycles. The van der Waals surface area contributed by atoms with Crippen LogP contribution < -0.4 is 20.4 Å². The van der Waals surface area contributed by atoms with E-state index in [9.17, 15) is 4.79 Å². The third-order valence-corrected chi connectivity index (χ3v) is 4.69. The molecule has 3 rings (SSSR count). The van der Waals surface area contributed by atoms with E-state index in [0.717, 1.165) is 30.2 Å². The lowest BCUT2D eigenvalue weighted by Gasteiger charge is -2.17. The summed E-state index contributed by atoms with van der Waals surface area (Å²) >= 11 is 0. The van der Waals surface area contributed by atoms with Gasteiger partial charge in [-0.3, -0.25) is 4.79 Å². The zero-order chi connectivity index (χ0) is 18.4. The van der Waals surface area contributed by atoms with Gasteiger partial charge in [0.1, 0.15) is 0 Å². The Hall–Kier alpha value is -2.69. The zero-order valence-corrected chi connectivity index (χ0v) is 15.7.